The summed E-state index contributed by atoms with van der Waals surface area (Å²) in [4.78, 5) is 26.8. The first-order valence-corrected chi connectivity index (χ1v) is 11.6. The molecule has 0 saturated heterocycles. The maximum Gasteiger partial charge on any atom is 0.300 e. The highest BCUT2D eigenvalue weighted by Crippen LogP contribution is 2.26. The monoisotopic (exact) mass is 488 g/mol. The number of nitrogens with one attached hydrogen (secondary N) is 2. The Labute approximate surface area is 214 Å². The van der Waals surface area contributed by atoms with Crippen LogP contribution < -0.4 is 15.5 Å². The summed E-state index contributed by atoms with van der Waals surface area (Å²) in [5, 5.41) is 11.5. The van der Waals surface area contributed by atoms with Crippen LogP contribution in [0.4, 0.5) is 29.0 Å². The van der Waals surface area contributed by atoms with Gasteiger partial charge in [-0.05, 0) is 54.8 Å². The molecule has 3 aromatic carbocycles. The van der Waals surface area contributed by atoms with E-state index < -0.39 is 0 Å². The largest absolute Gasteiger partial charge is 0.324 e. The fourth-order valence-corrected chi connectivity index (χ4v) is 3.87. The van der Waals surface area contributed by atoms with Crippen molar-refractivity contribution in [1.82, 2.24) is 24.7 Å². The van der Waals surface area contributed by atoms with Gasteiger partial charge in [-0.1, -0.05) is 42.3 Å². The summed E-state index contributed by atoms with van der Waals surface area (Å²) < 4.78 is 1.99. The summed E-state index contributed by atoms with van der Waals surface area (Å²) in [5.74, 6) is 5.53. The van der Waals surface area contributed by atoms with E-state index in [0.29, 0.717) is 29.8 Å². The Bertz CT molecular complexity index is 1620. The van der Waals surface area contributed by atoms with Crippen LogP contribution in [-0.4, -0.2) is 37.7 Å². The van der Waals surface area contributed by atoms with Gasteiger partial charge in [0.25, 0.3) is 5.91 Å². The number of benzene rings is 3. The minimum absolute atomic E-state index is 0.369. The number of anilines is 5. The van der Waals surface area contributed by atoms with Gasteiger partial charge in [0.05, 0.1) is 18.3 Å². The summed E-state index contributed by atoms with van der Waals surface area (Å²) in [5.41, 5.74) is 4.50. The Morgan fingerprint density at radius 1 is 1.00 bits per heavy atom. The Morgan fingerprint density at radius 2 is 1.84 bits per heavy atom. The molecule has 9 heteroatoms. The molecule has 0 atom stereocenters. The van der Waals surface area contributed by atoms with Gasteiger partial charge in [-0.3, -0.25) is 9.48 Å². The standard InChI is InChI=1S/C28H24N8O/c1-3-8-26(37)32-22-11-7-12-23(16-22)33-27-29-19-30-28(34-27)35(2)24-13-14-25-21(15-24)17-31-36(25)18-20-9-5-4-6-10-20/h4-7,9-17,19H,18H2,1-2H3,(H,32,37)(H,29,30,33,34). The zero-order chi connectivity index (χ0) is 25.6. The second-order valence-electron chi connectivity index (χ2n) is 8.23. The van der Waals surface area contributed by atoms with E-state index in [1.807, 2.05) is 59.2 Å². The van der Waals surface area contributed by atoms with Crippen molar-refractivity contribution in [1.29, 1.82) is 0 Å². The van der Waals surface area contributed by atoms with Gasteiger partial charge in [0.1, 0.15) is 6.33 Å². The van der Waals surface area contributed by atoms with Gasteiger partial charge in [-0.25, -0.2) is 9.97 Å². The molecule has 0 aliphatic carbocycles. The zero-order valence-corrected chi connectivity index (χ0v) is 20.4. The molecule has 5 rings (SSSR count). The normalized spacial score (nSPS) is 10.4. The molecule has 0 bridgehead atoms. The van der Waals surface area contributed by atoms with Crippen LogP contribution in [-0.2, 0) is 11.3 Å². The number of rotatable bonds is 7. The molecule has 9 nitrogen and oxygen atoms in total. The molecule has 5 aromatic rings. The van der Waals surface area contributed by atoms with Crippen molar-refractivity contribution >= 4 is 45.8 Å². The number of hydrogen-bond acceptors (Lipinski definition) is 7. The van der Waals surface area contributed by atoms with Gasteiger partial charge in [0, 0.05) is 29.5 Å². The highest BCUT2D eigenvalue weighted by Gasteiger charge is 2.12. The Hall–Kier alpha value is -5.23. The maximum atomic E-state index is 11.8. The molecule has 0 fully saturated rings. The number of hydrogen-bond donors (Lipinski definition) is 2. The van der Waals surface area contributed by atoms with Crippen molar-refractivity contribution < 1.29 is 4.79 Å². The summed E-state index contributed by atoms with van der Waals surface area (Å²) >= 11 is 0. The molecule has 182 valence electrons. The van der Waals surface area contributed by atoms with E-state index in [-0.39, 0.29) is 5.91 Å². The van der Waals surface area contributed by atoms with Crippen LogP contribution >= 0.6 is 0 Å². The summed E-state index contributed by atoms with van der Waals surface area (Å²) in [7, 11) is 1.90. The van der Waals surface area contributed by atoms with Gasteiger partial charge in [-0.2, -0.15) is 10.1 Å². The van der Waals surface area contributed by atoms with Crippen molar-refractivity contribution in [3.63, 3.8) is 0 Å². The van der Waals surface area contributed by atoms with E-state index in [9.17, 15) is 4.79 Å². The first kappa shape index (κ1) is 23.5. The molecular weight excluding hydrogens is 464 g/mol. The molecule has 0 saturated carbocycles. The van der Waals surface area contributed by atoms with E-state index in [1.54, 1.807) is 19.1 Å². The van der Waals surface area contributed by atoms with Crippen molar-refractivity contribution in [3.8, 4) is 11.8 Å². The smallest absolute Gasteiger partial charge is 0.300 e. The van der Waals surface area contributed by atoms with Crippen LogP contribution in [0.5, 0.6) is 0 Å². The highest BCUT2D eigenvalue weighted by atomic mass is 16.1. The van der Waals surface area contributed by atoms with Crippen LogP contribution in [0.1, 0.15) is 12.5 Å². The molecule has 2 N–H and O–H groups in total. The van der Waals surface area contributed by atoms with Gasteiger partial charge >= 0.3 is 0 Å². The molecule has 0 aliphatic heterocycles. The first-order valence-electron chi connectivity index (χ1n) is 11.6. The van der Waals surface area contributed by atoms with E-state index >= 15 is 0 Å². The fourth-order valence-electron chi connectivity index (χ4n) is 3.87. The SMILES string of the molecule is CC#CC(=O)Nc1cccc(Nc2ncnc(N(C)c3ccc4c(cnn4Cc4ccccc4)c3)n2)c1. The van der Waals surface area contributed by atoms with Gasteiger partial charge in [0.15, 0.2) is 0 Å². The lowest BCUT2D eigenvalue weighted by atomic mass is 10.2. The Balaban J connectivity index is 1.32. The molecule has 1 amide bonds. The molecule has 0 radical (unpaired) electrons. The van der Waals surface area contributed by atoms with E-state index in [0.717, 1.165) is 16.6 Å². The van der Waals surface area contributed by atoms with Crippen LogP contribution in [0.25, 0.3) is 10.9 Å². The molecule has 0 aliphatic rings. The number of amides is 1. The second kappa shape index (κ2) is 10.6. The topological polar surface area (TPSA) is 101 Å². The lowest BCUT2D eigenvalue weighted by Crippen LogP contribution is -2.14. The average molecular weight is 489 g/mol. The van der Waals surface area contributed by atoms with E-state index in [2.05, 4.69) is 66.8 Å². The van der Waals surface area contributed by atoms with Crippen molar-refractivity contribution in [2.75, 3.05) is 22.6 Å². The number of aromatic nitrogens is 5. The van der Waals surface area contributed by atoms with Crippen LogP contribution in [0.3, 0.4) is 0 Å². The fraction of sp³-hybridized carbons (Fsp3) is 0.107. The number of fused-ring (bicyclic) bond motifs is 1. The van der Waals surface area contributed by atoms with Crippen LogP contribution in [0, 0.1) is 11.8 Å². The van der Waals surface area contributed by atoms with Crippen LogP contribution in [0.15, 0.2) is 85.3 Å². The number of carbonyl (C=O) groups excluding carboxylic acids is 1. The quantitative estimate of drug-likeness (QED) is 0.319. The minimum Gasteiger partial charge on any atom is -0.324 e. The molecule has 37 heavy (non-hydrogen) atoms. The minimum atomic E-state index is -0.369. The lowest BCUT2D eigenvalue weighted by molar-refractivity contribution is -0.111. The predicted molar refractivity (Wildman–Crippen MR) is 145 cm³/mol. The summed E-state index contributed by atoms with van der Waals surface area (Å²) in [6, 6.07) is 23.6. The zero-order valence-electron chi connectivity index (χ0n) is 20.4. The third kappa shape index (κ3) is 5.55. The lowest BCUT2D eigenvalue weighted by Gasteiger charge is -2.18. The molecule has 2 heterocycles. The third-order valence-corrected chi connectivity index (χ3v) is 5.66. The van der Waals surface area contributed by atoms with Gasteiger partial charge in [0.2, 0.25) is 11.9 Å². The maximum absolute atomic E-state index is 11.8. The van der Waals surface area contributed by atoms with Crippen molar-refractivity contribution in [2.24, 2.45) is 0 Å². The van der Waals surface area contributed by atoms with Gasteiger partial charge < -0.3 is 15.5 Å². The third-order valence-electron chi connectivity index (χ3n) is 5.66. The van der Waals surface area contributed by atoms with E-state index in [4.69, 9.17) is 0 Å². The molecule has 2 aromatic heterocycles. The average Bonchev–Trinajstić information content (AvgIpc) is 3.31. The predicted octanol–water partition coefficient (Wildman–Crippen LogP) is 4.74. The first-order chi connectivity index (χ1) is 18.1. The van der Waals surface area contributed by atoms with Crippen molar-refractivity contribution in [2.45, 2.75) is 13.5 Å². The van der Waals surface area contributed by atoms with Crippen molar-refractivity contribution in [3.05, 3.63) is 90.9 Å². The second-order valence-corrected chi connectivity index (χ2v) is 8.23. The Morgan fingerprint density at radius 3 is 2.68 bits per heavy atom. The molecule has 0 spiro atoms. The molecule has 0 unspecified atom stereocenters. The summed E-state index contributed by atoms with van der Waals surface area (Å²) in [6.45, 7) is 2.32. The number of nitrogens with zero attached hydrogens (tertiary/aromatic N) is 6. The highest BCUT2D eigenvalue weighted by molar-refractivity contribution is 6.04. The van der Waals surface area contributed by atoms with Crippen LogP contribution in [0.2, 0.25) is 0 Å². The molecular formula is C28H24N8O. The Kier molecular flexibility index (Phi) is 6.72. The number of carbonyl (C=O) groups is 1. The van der Waals surface area contributed by atoms with Gasteiger partial charge in [-0.15, -0.1) is 0 Å². The van der Waals surface area contributed by atoms with E-state index in [1.165, 1.54) is 11.9 Å². The summed E-state index contributed by atoms with van der Waals surface area (Å²) in [6.07, 6.45) is 3.33.